The summed E-state index contributed by atoms with van der Waals surface area (Å²) in [5.74, 6) is -0.590. The number of hydrogen-bond donors (Lipinski definition) is 0. The zero-order valence-corrected chi connectivity index (χ0v) is 10.1. The molecule has 0 aliphatic carbocycles. The molecule has 0 saturated heterocycles. The molecule has 0 radical (unpaired) electrons. The molecule has 0 saturated carbocycles. The number of carbonyl (C=O) groups is 1. The Morgan fingerprint density at radius 1 is 1.38 bits per heavy atom. The van der Waals surface area contributed by atoms with E-state index in [0.29, 0.717) is 12.2 Å². The van der Waals surface area contributed by atoms with E-state index >= 15 is 0 Å². The Morgan fingerprint density at radius 3 is 2.50 bits per heavy atom. The molecular formula is C13H17FO2. The predicted molar refractivity (Wildman–Crippen MR) is 61.2 cm³/mol. The Morgan fingerprint density at radius 2 is 2.00 bits per heavy atom. The number of hydrogen-bond acceptors (Lipinski definition) is 2. The van der Waals surface area contributed by atoms with Crippen LogP contribution in [-0.2, 0) is 4.74 Å². The maximum atomic E-state index is 13.2. The first-order chi connectivity index (χ1) is 7.36. The Kier molecular flexibility index (Phi) is 3.81. The minimum atomic E-state index is -0.908. The lowest BCUT2D eigenvalue weighted by Gasteiger charge is -2.23. The summed E-state index contributed by atoms with van der Waals surface area (Å²) in [6.07, 6.45) is 0. The van der Waals surface area contributed by atoms with Crippen molar-refractivity contribution in [3.8, 4) is 0 Å². The standard InChI is InChI=1S/C13H17FO2/c1-5-16-13(3,4)12(15)10-6-9(2)7-11(14)8-10/h6-8H,5H2,1-4H3. The monoisotopic (exact) mass is 224 g/mol. The molecule has 0 aromatic heterocycles. The third-order valence-electron chi connectivity index (χ3n) is 2.36. The Bertz CT molecular complexity index is 377. The summed E-state index contributed by atoms with van der Waals surface area (Å²) in [5.41, 5.74) is 0.182. The highest BCUT2D eigenvalue weighted by atomic mass is 19.1. The van der Waals surface area contributed by atoms with Crippen molar-refractivity contribution in [3.63, 3.8) is 0 Å². The zero-order valence-electron chi connectivity index (χ0n) is 10.1. The average Bonchev–Trinajstić information content (AvgIpc) is 2.14. The summed E-state index contributed by atoms with van der Waals surface area (Å²) in [5, 5.41) is 0. The van der Waals surface area contributed by atoms with E-state index < -0.39 is 11.4 Å². The van der Waals surface area contributed by atoms with Gasteiger partial charge in [-0.15, -0.1) is 0 Å². The normalized spacial score (nSPS) is 11.6. The molecular weight excluding hydrogens is 207 g/mol. The molecule has 0 aliphatic rings. The molecule has 1 rings (SSSR count). The lowest BCUT2D eigenvalue weighted by molar-refractivity contribution is 0.00123. The number of ether oxygens (including phenoxy) is 1. The third-order valence-corrected chi connectivity index (χ3v) is 2.36. The van der Waals surface area contributed by atoms with E-state index in [-0.39, 0.29) is 5.78 Å². The van der Waals surface area contributed by atoms with Gasteiger partial charge in [-0.3, -0.25) is 4.79 Å². The molecule has 0 aliphatic heterocycles. The molecule has 2 nitrogen and oxygen atoms in total. The Balaban J connectivity index is 3.04. The quantitative estimate of drug-likeness (QED) is 0.734. The van der Waals surface area contributed by atoms with Crippen LogP contribution >= 0.6 is 0 Å². The van der Waals surface area contributed by atoms with E-state index in [1.165, 1.54) is 12.1 Å². The highest BCUT2D eigenvalue weighted by molar-refractivity contribution is 6.02. The highest BCUT2D eigenvalue weighted by Crippen LogP contribution is 2.19. The summed E-state index contributed by atoms with van der Waals surface area (Å²) in [6, 6.07) is 4.31. The number of benzene rings is 1. The van der Waals surface area contributed by atoms with Gasteiger partial charge in [-0.1, -0.05) is 0 Å². The molecule has 0 heterocycles. The molecule has 1 aromatic rings. The van der Waals surface area contributed by atoms with Crippen molar-refractivity contribution >= 4 is 5.78 Å². The number of Topliss-reactive ketones (excluding diaryl/α,β-unsaturated/α-hetero) is 1. The third kappa shape index (κ3) is 2.89. The van der Waals surface area contributed by atoms with Crippen LogP contribution in [0, 0.1) is 12.7 Å². The summed E-state index contributed by atoms with van der Waals surface area (Å²) in [7, 11) is 0. The molecule has 0 amide bonds. The van der Waals surface area contributed by atoms with Crippen LogP contribution < -0.4 is 0 Å². The molecule has 0 spiro atoms. The van der Waals surface area contributed by atoms with Gasteiger partial charge >= 0.3 is 0 Å². The van der Waals surface area contributed by atoms with Crippen LogP contribution in [0.1, 0.15) is 36.7 Å². The van der Waals surface area contributed by atoms with Crippen molar-refractivity contribution in [3.05, 3.63) is 35.1 Å². The topological polar surface area (TPSA) is 26.3 Å². The fraction of sp³-hybridized carbons (Fsp3) is 0.462. The van der Waals surface area contributed by atoms with E-state index in [4.69, 9.17) is 4.74 Å². The maximum absolute atomic E-state index is 13.2. The molecule has 0 bridgehead atoms. The number of ketones is 1. The minimum Gasteiger partial charge on any atom is -0.368 e. The Hall–Kier alpha value is -1.22. The van der Waals surface area contributed by atoms with E-state index in [2.05, 4.69) is 0 Å². The largest absolute Gasteiger partial charge is 0.368 e. The lowest BCUT2D eigenvalue weighted by atomic mass is 9.95. The molecule has 88 valence electrons. The van der Waals surface area contributed by atoms with Crippen LogP contribution in [0.3, 0.4) is 0 Å². The van der Waals surface area contributed by atoms with Crippen LogP contribution in [0.5, 0.6) is 0 Å². The molecule has 0 fully saturated rings. The van der Waals surface area contributed by atoms with Crippen LogP contribution in [0.4, 0.5) is 4.39 Å². The van der Waals surface area contributed by atoms with Gasteiger partial charge in [0.2, 0.25) is 0 Å². The Labute approximate surface area is 95.4 Å². The smallest absolute Gasteiger partial charge is 0.194 e. The van der Waals surface area contributed by atoms with Crippen molar-refractivity contribution in [1.82, 2.24) is 0 Å². The van der Waals surface area contributed by atoms with Gasteiger partial charge in [0.25, 0.3) is 0 Å². The summed E-state index contributed by atoms with van der Waals surface area (Å²) in [4.78, 5) is 12.1. The number of rotatable bonds is 4. The van der Waals surface area contributed by atoms with Crippen LogP contribution in [0.25, 0.3) is 0 Å². The number of halogens is 1. The van der Waals surface area contributed by atoms with Gasteiger partial charge in [-0.2, -0.15) is 0 Å². The van der Waals surface area contributed by atoms with Gasteiger partial charge in [0.15, 0.2) is 5.78 Å². The first-order valence-electron chi connectivity index (χ1n) is 5.33. The van der Waals surface area contributed by atoms with E-state index in [1.807, 2.05) is 6.92 Å². The van der Waals surface area contributed by atoms with Crippen LogP contribution in [0.15, 0.2) is 18.2 Å². The second kappa shape index (κ2) is 4.74. The summed E-state index contributed by atoms with van der Waals surface area (Å²) < 4.78 is 18.5. The van der Waals surface area contributed by atoms with E-state index in [0.717, 1.165) is 5.56 Å². The first kappa shape index (κ1) is 12.8. The molecule has 0 N–H and O–H groups in total. The van der Waals surface area contributed by atoms with Crippen molar-refractivity contribution in [1.29, 1.82) is 0 Å². The van der Waals surface area contributed by atoms with Gasteiger partial charge in [0.1, 0.15) is 11.4 Å². The first-order valence-corrected chi connectivity index (χ1v) is 5.33. The van der Waals surface area contributed by atoms with Gasteiger partial charge in [-0.05, 0) is 51.5 Å². The second-order valence-electron chi connectivity index (χ2n) is 4.29. The van der Waals surface area contributed by atoms with Gasteiger partial charge in [-0.25, -0.2) is 4.39 Å². The predicted octanol–water partition coefficient (Wildman–Crippen LogP) is 3.13. The van der Waals surface area contributed by atoms with Crippen LogP contribution in [0.2, 0.25) is 0 Å². The van der Waals surface area contributed by atoms with E-state index in [9.17, 15) is 9.18 Å². The zero-order chi connectivity index (χ0) is 12.3. The average molecular weight is 224 g/mol. The van der Waals surface area contributed by atoms with Gasteiger partial charge in [0.05, 0.1) is 0 Å². The fourth-order valence-electron chi connectivity index (χ4n) is 1.64. The minimum absolute atomic E-state index is 0.197. The second-order valence-corrected chi connectivity index (χ2v) is 4.29. The van der Waals surface area contributed by atoms with Crippen molar-refractivity contribution < 1.29 is 13.9 Å². The summed E-state index contributed by atoms with van der Waals surface area (Å²) in [6.45, 7) is 7.42. The number of carbonyl (C=O) groups excluding carboxylic acids is 1. The van der Waals surface area contributed by atoms with Crippen molar-refractivity contribution in [2.45, 2.75) is 33.3 Å². The fourth-order valence-corrected chi connectivity index (χ4v) is 1.64. The molecule has 0 unspecified atom stereocenters. The van der Waals surface area contributed by atoms with Crippen molar-refractivity contribution in [2.75, 3.05) is 6.61 Å². The SMILES string of the molecule is CCOC(C)(C)C(=O)c1cc(C)cc(F)c1. The van der Waals surface area contributed by atoms with Gasteiger partial charge in [0, 0.05) is 12.2 Å². The number of aryl methyl sites for hydroxylation is 1. The van der Waals surface area contributed by atoms with Crippen molar-refractivity contribution in [2.24, 2.45) is 0 Å². The molecule has 0 atom stereocenters. The molecule has 3 heteroatoms. The summed E-state index contributed by atoms with van der Waals surface area (Å²) >= 11 is 0. The van der Waals surface area contributed by atoms with Gasteiger partial charge < -0.3 is 4.74 Å². The molecule has 1 aromatic carbocycles. The van der Waals surface area contributed by atoms with E-state index in [1.54, 1.807) is 26.8 Å². The highest BCUT2D eigenvalue weighted by Gasteiger charge is 2.29. The lowest BCUT2D eigenvalue weighted by Crippen LogP contribution is -2.35. The van der Waals surface area contributed by atoms with Crippen LogP contribution in [-0.4, -0.2) is 18.0 Å². The molecule has 16 heavy (non-hydrogen) atoms. The maximum Gasteiger partial charge on any atom is 0.194 e.